The lowest BCUT2D eigenvalue weighted by Crippen LogP contribution is -2.16. The Morgan fingerprint density at radius 2 is 1.51 bits per heavy atom. The van der Waals surface area contributed by atoms with Gasteiger partial charge in [-0.2, -0.15) is 14.9 Å². The van der Waals surface area contributed by atoms with Gasteiger partial charge in [0.15, 0.2) is 5.69 Å². The Labute approximate surface area is 219 Å². The number of H-pyrrole nitrogens is 1. The maximum absolute atomic E-state index is 12.9. The van der Waals surface area contributed by atoms with Gasteiger partial charge in [0.2, 0.25) is 0 Å². The van der Waals surface area contributed by atoms with Gasteiger partial charge in [0, 0.05) is 5.69 Å². The third-order valence-electron chi connectivity index (χ3n) is 5.16. The summed E-state index contributed by atoms with van der Waals surface area (Å²) in [6, 6.07) is 13.5. The summed E-state index contributed by atoms with van der Waals surface area (Å²) in [6.07, 6.45) is 0. The summed E-state index contributed by atoms with van der Waals surface area (Å²) in [5, 5.41) is 38.0. The lowest BCUT2D eigenvalue weighted by Gasteiger charge is -2.08. The summed E-state index contributed by atoms with van der Waals surface area (Å²) in [4.78, 5) is 38.8. The van der Waals surface area contributed by atoms with Crippen LogP contribution in [0.1, 0.15) is 20.7 Å². The van der Waals surface area contributed by atoms with Crippen LogP contribution in [0.15, 0.2) is 86.6 Å². The molecule has 4 rings (SSSR count). The Hall–Kier alpha value is -5.75. The number of aromatic nitrogens is 2. The van der Waals surface area contributed by atoms with Crippen LogP contribution >= 0.6 is 0 Å². The third kappa shape index (κ3) is 5.65. The lowest BCUT2D eigenvalue weighted by atomic mass is 10.1. The highest BCUT2D eigenvalue weighted by molar-refractivity contribution is 7.92. The molecule has 0 radical (unpaired) electrons. The molecule has 0 bridgehead atoms. The number of sulfonamides is 1. The molecule has 0 amide bonds. The van der Waals surface area contributed by atoms with Crippen LogP contribution in [-0.4, -0.2) is 45.5 Å². The molecule has 0 atom stereocenters. The average Bonchev–Trinajstić information content (AvgIpc) is 3.23. The van der Waals surface area contributed by atoms with E-state index in [1.807, 2.05) is 0 Å². The van der Waals surface area contributed by atoms with Crippen molar-refractivity contribution >= 4 is 44.8 Å². The zero-order valence-corrected chi connectivity index (χ0v) is 20.2. The molecule has 3 aromatic carbocycles. The Morgan fingerprint density at radius 3 is 2.05 bits per heavy atom. The molecule has 14 nitrogen and oxygen atoms in total. The first-order valence-electron chi connectivity index (χ1n) is 10.7. The number of rotatable bonds is 8. The number of nitrogens with one attached hydrogen (secondary N) is 2. The van der Waals surface area contributed by atoms with Crippen molar-refractivity contribution in [3.63, 3.8) is 0 Å². The zero-order valence-electron chi connectivity index (χ0n) is 19.4. The second-order valence-electron chi connectivity index (χ2n) is 7.79. The van der Waals surface area contributed by atoms with E-state index in [2.05, 4.69) is 24.9 Å². The van der Waals surface area contributed by atoms with Crippen LogP contribution in [0.4, 0.5) is 22.9 Å². The fourth-order valence-corrected chi connectivity index (χ4v) is 4.36. The second kappa shape index (κ2) is 10.3. The number of azo groups is 1. The number of phenolic OH excluding ortho intramolecular Hbond substituents is 1. The molecular formula is C24H16N6O8S. The number of nitrogens with zero attached hydrogens (tertiary/aromatic N) is 4. The van der Waals surface area contributed by atoms with Crippen molar-refractivity contribution < 1.29 is 33.3 Å². The zero-order chi connectivity index (χ0) is 28.3. The van der Waals surface area contributed by atoms with Crippen LogP contribution in [0.25, 0.3) is 10.5 Å². The minimum Gasteiger partial charge on any atom is -0.508 e. The van der Waals surface area contributed by atoms with Crippen molar-refractivity contribution in [3.05, 3.63) is 99.6 Å². The standard InChI is InChI=1S/C24H16N6O8S/c1-25-21-20(22(32)30(28-21)17-11-13(23(33)34)10-14(12-17)24(35)36)27-26-15-4-8-19(9-5-15)39(37,38)29-16-2-6-18(31)7-3-16/h2-12,28-29,31H,(H,33,34)(H,35,36). The molecule has 0 aliphatic heterocycles. The van der Waals surface area contributed by atoms with Crippen molar-refractivity contribution in [2.45, 2.75) is 4.90 Å². The van der Waals surface area contributed by atoms with Crippen molar-refractivity contribution in [3.8, 4) is 11.4 Å². The normalized spacial score (nSPS) is 11.3. The smallest absolute Gasteiger partial charge is 0.335 e. The van der Waals surface area contributed by atoms with Gasteiger partial charge in [0.1, 0.15) is 5.75 Å². The number of hydrogen-bond acceptors (Lipinski definition) is 8. The van der Waals surface area contributed by atoms with E-state index in [1.54, 1.807) is 0 Å². The molecule has 1 aromatic heterocycles. The summed E-state index contributed by atoms with van der Waals surface area (Å²) in [7, 11) is -3.96. The molecule has 4 aromatic rings. The molecule has 0 aliphatic rings. The highest BCUT2D eigenvalue weighted by Gasteiger charge is 2.20. The number of carboxylic acid groups (broad SMARTS) is 2. The Balaban J connectivity index is 1.63. The van der Waals surface area contributed by atoms with E-state index in [0.29, 0.717) is 0 Å². The molecule has 0 saturated carbocycles. The number of aromatic carboxylic acids is 2. The molecule has 0 spiro atoms. The van der Waals surface area contributed by atoms with E-state index in [4.69, 9.17) is 6.57 Å². The van der Waals surface area contributed by atoms with Gasteiger partial charge in [0.25, 0.3) is 15.8 Å². The minimum atomic E-state index is -3.96. The number of carboxylic acids is 2. The Morgan fingerprint density at radius 1 is 0.923 bits per heavy atom. The van der Waals surface area contributed by atoms with Crippen molar-refractivity contribution in [2.75, 3.05) is 4.72 Å². The van der Waals surface area contributed by atoms with E-state index in [0.717, 1.165) is 22.9 Å². The molecule has 39 heavy (non-hydrogen) atoms. The van der Waals surface area contributed by atoms with Crippen LogP contribution in [0.3, 0.4) is 0 Å². The summed E-state index contributed by atoms with van der Waals surface area (Å²) < 4.78 is 28.3. The maximum atomic E-state index is 12.9. The molecule has 196 valence electrons. The second-order valence-corrected chi connectivity index (χ2v) is 9.47. The van der Waals surface area contributed by atoms with Gasteiger partial charge < -0.3 is 20.2 Å². The molecule has 0 saturated heterocycles. The van der Waals surface area contributed by atoms with Gasteiger partial charge in [-0.05, 0) is 66.7 Å². The summed E-state index contributed by atoms with van der Waals surface area (Å²) in [6.45, 7) is 7.33. The third-order valence-corrected chi connectivity index (χ3v) is 6.56. The van der Waals surface area contributed by atoms with E-state index >= 15 is 0 Å². The van der Waals surface area contributed by atoms with Crippen LogP contribution in [-0.2, 0) is 10.0 Å². The monoisotopic (exact) mass is 548 g/mol. The first kappa shape index (κ1) is 26.3. The highest BCUT2D eigenvalue weighted by Crippen LogP contribution is 2.27. The largest absolute Gasteiger partial charge is 0.508 e. The number of phenols is 1. The molecule has 1 heterocycles. The fraction of sp³-hybridized carbons (Fsp3) is 0. The summed E-state index contributed by atoms with van der Waals surface area (Å²) in [5.41, 5.74) is -1.91. The molecule has 15 heteroatoms. The van der Waals surface area contributed by atoms with E-state index in [1.165, 1.54) is 48.5 Å². The van der Waals surface area contributed by atoms with Crippen molar-refractivity contribution in [1.82, 2.24) is 9.78 Å². The fourth-order valence-electron chi connectivity index (χ4n) is 3.30. The van der Waals surface area contributed by atoms with Crippen molar-refractivity contribution in [1.29, 1.82) is 0 Å². The number of aromatic amines is 1. The van der Waals surface area contributed by atoms with Gasteiger partial charge in [-0.3, -0.25) is 9.52 Å². The average molecular weight is 548 g/mol. The van der Waals surface area contributed by atoms with Gasteiger partial charge in [0.05, 0.1) is 27.4 Å². The van der Waals surface area contributed by atoms with Gasteiger partial charge in [-0.25, -0.2) is 23.1 Å². The van der Waals surface area contributed by atoms with E-state index in [-0.39, 0.29) is 33.5 Å². The van der Waals surface area contributed by atoms with Crippen LogP contribution < -0.4 is 10.3 Å². The lowest BCUT2D eigenvalue weighted by molar-refractivity contribution is 0.0696. The SMILES string of the molecule is [C-]#[N+]c1[nH]n(-c2cc(C(=O)O)cc(C(=O)O)c2)c(=O)c1N=Nc1ccc(S(=O)(=O)Nc2ccc(O)cc2)cc1. The highest BCUT2D eigenvalue weighted by atomic mass is 32.2. The topological polar surface area (TPSA) is 208 Å². The van der Waals surface area contributed by atoms with Crippen LogP contribution in [0, 0.1) is 6.57 Å². The number of carbonyl (C=O) groups is 2. The Bertz CT molecular complexity index is 1800. The maximum Gasteiger partial charge on any atom is 0.335 e. The van der Waals surface area contributed by atoms with Gasteiger partial charge in [-0.1, -0.05) is 6.57 Å². The first-order valence-corrected chi connectivity index (χ1v) is 12.1. The quantitative estimate of drug-likeness (QED) is 0.123. The van der Waals surface area contributed by atoms with Gasteiger partial charge in [-0.15, -0.1) is 0 Å². The molecule has 0 aliphatic carbocycles. The van der Waals surface area contributed by atoms with Crippen LogP contribution in [0.5, 0.6) is 5.75 Å². The number of hydrogen-bond donors (Lipinski definition) is 5. The van der Waals surface area contributed by atoms with Crippen molar-refractivity contribution in [2.24, 2.45) is 10.2 Å². The summed E-state index contributed by atoms with van der Waals surface area (Å²) in [5.74, 6) is -3.22. The predicted molar refractivity (Wildman–Crippen MR) is 136 cm³/mol. The van der Waals surface area contributed by atoms with E-state index in [9.17, 15) is 38.1 Å². The van der Waals surface area contributed by atoms with Crippen LogP contribution in [0.2, 0.25) is 0 Å². The van der Waals surface area contributed by atoms with Gasteiger partial charge >= 0.3 is 17.5 Å². The Kier molecular flexibility index (Phi) is 6.96. The summed E-state index contributed by atoms with van der Waals surface area (Å²) >= 11 is 0. The molecule has 0 fully saturated rings. The molecule has 0 unspecified atom stereocenters. The minimum absolute atomic E-state index is 0.0259. The molecule has 5 N–H and O–H groups in total. The predicted octanol–water partition coefficient (Wildman–Crippen LogP) is 4.03. The number of benzene rings is 3. The first-order chi connectivity index (χ1) is 18.5. The molecular weight excluding hydrogens is 532 g/mol. The van der Waals surface area contributed by atoms with E-state index < -0.39 is 44.3 Å². The number of aromatic hydroxyl groups is 1. The number of anilines is 1.